The second kappa shape index (κ2) is 16.2. The standard InChI is InChI=1S/C36H41N3O6S2/c1-23(2)19-32-33(40)37-31(35(42)44-3)22-47-46-21-30(34(41)39(32)18-17-24-11-5-4-6-12-24)38-36(43)45-20-29-27-15-9-7-13-25(27)26-14-8-10-16-28(26)29/h4-16,23,29-32H,17-22H2,1-3H3,(H,37,40)(H,38,43)/t30-,31?,32?/m0/s1. The number of rotatable bonds is 9. The Hall–Kier alpha value is -3.96. The van der Waals surface area contributed by atoms with Gasteiger partial charge in [-0.25, -0.2) is 9.59 Å². The van der Waals surface area contributed by atoms with E-state index in [0.29, 0.717) is 12.8 Å². The number of fused-ring (bicyclic) bond motifs is 3. The third-order valence-corrected chi connectivity index (χ3v) is 10.9. The first-order chi connectivity index (χ1) is 22.8. The van der Waals surface area contributed by atoms with E-state index < -0.39 is 36.1 Å². The van der Waals surface area contributed by atoms with Crippen LogP contribution in [0.5, 0.6) is 0 Å². The molecule has 0 bridgehead atoms. The summed E-state index contributed by atoms with van der Waals surface area (Å²) in [7, 11) is 3.96. The summed E-state index contributed by atoms with van der Waals surface area (Å²) in [5, 5.41) is 5.67. The number of benzene rings is 3. The molecule has 0 radical (unpaired) electrons. The minimum Gasteiger partial charge on any atom is -0.467 e. The fraction of sp³-hybridized carbons (Fsp3) is 0.389. The van der Waals surface area contributed by atoms with Crippen LogP contribution in [-0.2, 0) is 30.3 Å². The van der Waals surface area contributed by atoms with Crippen molar-refractivity contribution < 1.29 is 28.7 Å². The number of nitrogens with one attached hydrogen (secondary N) is 2. The van der Waals surface area contributed by atoms with Gasteiger partial charge in [0.1, 0.15) is 24.7 Å². The van der Waals surface area contributed by atoms with Crippen molar-refractivity contribution in [2.45, 2.75) is 50.7 Å². The molecule has 47 heavy (non-hydrogen) atoms. The Balaban J connectivity index is 1.37. The Morgan fingerprint density at radius 1 is 0.915 bits per heavy atom. The molecule has 3 amide bonds. The Labute approximate surface area is 283 Å². The number of nitrogens with zero attached hydrogens (tertiary/aromatic N) is 1. The zero-order chi connectivity index (χ0) is 33.3. The van der Waals surface area contributed by atoms with Gasteiger partial charge in [0.05, 0.1) is 7.11 Å². The van der Waals surface area contributed by atoms with Crippen molar-refractivity contribution in [3.05, 3.63) is 95.6 Å². The fourth-order valence-corrected chi connectivity index (χ4v) is 8.41. The van der Waals surface area contributed by atoms with Crippen molar-refractivity contribution in [3.63, 3.8) is 0 Å². The highest BCUT2D eigenvalue weighted by Gasteiger charge is 2.38. The summed E-state index contributed by atoms with van der Waals surface area (Å²) in [4.78, 5) is 55.7. The van der Waals surface area contributed by atoms with E-state index in [-0.39, 0.29) is 42.4 Å². The maximum Gasteiger partial charge on any atom is 0.407 e. The summed E-state index contributed by atoms with van der Waals surface area (Å²) in [6, 6.07) is 23.2. The second-order valence-electron chi connectivity index (χ2n) is 12.1. The lowest BCUT2D eigenvalue weighted by atomic mass is 9.98. The van der Waals surface area contributed by atoms with E-state index in [0.717, 1.165) is 27.8 Å². The molecule has 3 aromatic carbocycles. The van der Waals surface area contributed by atoms with Crippen molar-refractivity contribution in [3.8, 4) is 11.1 Å². The van der Waals surface area contributed by atoms with Gasteiger partial charge in [-0.05, 0) is 46.6 Å². The van der Waals surface area contributed by atoms with Gasteiger partial charge in [0, 0.05) is 24.0 Å². The molecule has 1 fully saturated rings. The number of methoxy groups -OCH3 is 1. The minimum absolute atomic E-state index is 0.0665. The summed E-state index contributed by atoms with van der Waals surface area (Å²) in [5.41, 5.74) is 5.44. The molecule has 0 spiro atoms. The van der Waals surface area contributed by atoms with E-state index in [4.69, 9.17) is 9.47 Å². The Morgan fingerprint density at radius 2 is 1.53 bits per heavy atom. The Bertz CT molecular complexity index is 1520. The van der Waals surface area contributed by atoms with E-state index in [2.05, 4.69) is 34.9 Å². The molecular formula is C36H41N3O6S2. The zero-order valence-corrected chi connectivity index (χ0v) is 28.5. The van der Waals surface area contributed by atoms with Crippen LogP contribution in [0.1, 0.15) is 42.9 Å². The molecule has 5 rings (SSSR count). The van der Waals surface area contributed by atoms with Crippen molar-refractivity contribution in [2.75, 3.05) is 31.8 Å². The molecule has 2 N–H and O–H groups in total. The third kappa shape index (κ3) is 8.50. The van der Waals surface area contributed by atoms with Gasteiger partial charge in [0.15, 0.2) is 0 Å². The van der Waals surface area contributed by atoms with Crippen LogP contribution < -0.4 is 10.6 Å². The molecule has 0 saturated carbocycles. The number of hydrogen-bond donors (Lipinski definition) is 2. The SMILES string of the molecule is COC(=O)C1CSSC[C@H](NC(=O)OCC2c3ccccc3-c3ccccc32)C(=O)N(CCc2ccccc2)C(CC(C)C)C(=O)N1. The van der Waals surface area contributed by atoms with E-state index in [9.17, 15) is 19.2 Å². The second-order valence-corrected chi connectivity index (χ2v) is 14.6. The first-order valence-electron chi connectivity index (χ1n) is 15.8. The van der Waals surface area contributed by atoms with Crippen LogP contribution in [-0.4, -0.2) is 78.7 Å². The van der Waals surface area contributed by atoms with Gasteiger partial charge in [0.2, 0.25) is 11.8 Å². The van der Waals surface area contributed by atoms with Crippen LogP contribution in [0.4, 0.5) is 4.79 Å². The summed E-state index contributed by atoms with van der Waals surface area (Å²) in [6.07, 6.45) is 0.179. The predicted molar refractivity (Wildman–Crippen MR) is 186 cm³/mol. The van der Waals surface area contributed by atoms with Crippen LogP contribution >= 0.6 is 21.6 Å². The van der Waals surface area contributed by atoms with Crippen LogP contribution in [0, 0.1) is 5.92 Å². The zero-order valence-electron chi connectivity index (χ0n) is 26.8. The molecule has 1 aliphatic carbocycles. The molecule has 3 aromatic rings. The lowest BCUT2D eigenvalue weighted by molar-refractivity contribution is -0.146. The monoisotopic (exact) mass is 675 g/mol. The lowest BCUT2D eigenvalue weighted by Crippen LogP contribution is -2.58. The van der Waals surface area contributed by atoms with E-state index >= 15 is 0 Å². The molecule has 248 valence electrons. The molecule has 9 nitrogen and oxygen atoms in total. The molecule has 2 aliphatic rings. The highest BCUT2D eigenvalue weighted by atomic mass is 33.1. The first-order valence-corrected chi connectivity index (χ1v) is 18.3. The summed E-state index contributed by atoms with van der Waals surface area (Å²) >= 11 is 0. The van der Waals surface area contributed by atoms with Crippen LogP contribution in [0.2, 0.25) is 0 Å². The van der Waals surface area contributed by atoms with Gasteiger partial charge in [-0.2, -0.15) is 0 Å². The van der Waals surface area contributed by atoms with E-state index in [1.54, 1.807) is 4.90 Å². The molecule has 1 aliphatic heterocycles. The van der Waals surface area contributed by atoms with Gasteiger partial charge in [-0.1, -0.05) is 114 Å². The van der Waals surface area contributed by atoms with Crippen LogP contribution in [0.25, 0.3) is 11.1 Å². The largest absolute Gasteiger partial charge is 0.467 e. The van der Waals surface area contributed by atoms with Crippen molar-refractivity contribution in [2.24, 2.45) is 5.92 Å². The lowest BCUT2D eigenvalue weighted by Gasteiger charge is -2.35. The minimum atomic E-state index is -0.962. The number of hydrogen-bond acceptors (Lipinski definition) is 8. The van der Waals surface area contributed by atoms with Crippen LogP contribution in [0.3, 0.4) is 0 Å². The van der Waals surface area contributed by atoms with Crippen molar-refractivity contribution in [1.82, 2.24) is 15.5 Å². The number of ether oxygens (including phenoxy) is 2. The highest BCUT2D eigenvalue weighted by molar-refractivity contribution is 8.76. The molecule has 2 unspecified atom stereocenters. The number of esters is 1. The van der Waals surface area contributed by atoms with Crippen molar-refractivity contribution in [1.29, 1.82) is 0 Å². The summed E-state index contributed by atoms with van der Waals surface area (Å²) in [5.74, 6) is -0.957. The molecule has 3 atom stereocenters. The first kappa shape index (κ1) is 34.4. The Kier molecular flexibility index (Phi) is 11.9. The summed E-state index contributed by atoms with van der Waals surface area (Å²) in [6.45, 7) is 4.32. The Morgan fingerprint density at radius 3 is 2.17 bits per heavy atom. The predicted octanol–water partition coefficient (Wildman–Crippen LogP) is 5.43. The molecule has 0 aromatic heterocycles. The van der Waals surface area contributed by atoms with Gasteiger partial charge in [-0.3, -0.25) is 9.59 Å². The fourth-order valence-electron chi connectivity index (χ4n) is 6.10. The average molecular weight is 676 g/mol. The normalized spacial score (nSPS) is 20.1. The topological polar surface area (TPSA) is 114 Å². The molecular weight excluding hydrogens is 635 g/mol. The van der Waals surface area contributed by atoms with Gasteiger partial charge >= 0.3 is 12.1 Å². The van der Waals surface area contributed by atoms with Gasteiger partial charge in [-0.15, -0.1) is 0 Å². The van der Waals surface area contributed by atoms with Gasteiger partial charge < -0.3 is 25.0 Å². The van der Waals surface area contributed by atoms with Crippen molar-refractivity contribution >= 4 is 45.5 Å². The molecule has 1 heterocycles. The van der Waals surface area contributed by atoms with Gasteiger partial charge in [0.25, 0.3) is 0 Å². The van der Waals surface area contributed by atoms with E-state index in [1.807, 2.05) is 68.4 Å². The van der Waals surface area contributed by atoms with E-state index in [1.165, 1.54) is 28.7 Å². The maximum atomic E-state index is 14.4. The summed E-state index contributed by atoms with van der Waals surface area (Å²) < 4.78 is 10.8. The molecule has 11 heteroatoms. The molecule has 1 saturated heterocycles. The number of carbonyl (C=O) groups excluding carboxylic acids is 4. The smallest absolute Gasteiger partial charge is 0.407 e. The average Bonchev–Trinajstić information content (AvgIpc) is 3.39. The third-order valence-electron chi connectivity index (χ3n) is 8.43. The van der Waals surface area contributed by atoms with Crippen LogP contribution in [0.15, 0.2) is 78.9 Å². The number of carbonyl (C=O) groups is 4. The highest BCUT2D eigenvalue weighted by Crippen LogP contribution is 2.44. The maximum absolute atomic E-state index is 14.4. The quantitative estimate of drug-likeness (QED) is 0.228. The number of alkyl carbamates (subject to hydrolysis) is 1. The number of amides is 3.